The minimum Gasteiger partial charge on any atom is -0.451 e. The minimum absolute atomic E-state index is 0.0375. The van der Waals surface area contributed by atoms with Crippen LogP contribution in [0.1, 0.15) is 0 Å². The van der Waals surface area contributed by atoms with Crippen LogP contribution in [-0.4, -0.2) is 76.4 Å². The molecule has 3 N–H and O–H groups in total. The molecule has 6 nitrogen and oxygen atoms in total. The highest BCUT2D eigenvalue weighted by molar-refractivity contribution is 6.25. The van der Waals surface area contributed by atoms with Gasteiger partial charge in [-0.2, -0.15) is 0 Å². The average Bonchev–Trinajstić information content (AvgIpc) is 2.25. The van der Waals surface area contributed by atoms with E-state index in [1.54, 1.807) is 0 Å². The first-order valence-electron chi connectivity index (χ1n) is 4.94. The molecule has 0 radical (unpaired) electrons. The number of ether oxygens (including phenoxy) is 3. The Morgan fingerprint density at radius 2 is 1.27 bits per heavy atom. The van der Waals surface area contributed by atoms with Gasteiger partial charge in [-0.1, -0.05) is 0 Å². The van der Waals surface area contributed by atoms with Crippen LogP contribution in [0.4, 0.5) is 0 Å². The topological polar surface area (TPSA) is 88.4 Å². The lowest BCUT2D eigenvalue weighted by molar-refractivity contribution is -0.0357. The second kappa shape index (κ2) is 12.0. The van der Waals surface area contributed by atoms with Crippen LogP contribution in [-0.2, 0) is 14.2 Å². The molecule has 0 spiro atoms. The zero-order valence-corrected chi connectivity index (χ0v) is 8.80. The van der Waals surface area contributed by atoms with E-state index in [2.05, 4.69) is 0 Å². The molecule has 0 amide bonds. The van der Waals surface area contributed by atoms with Crippen LogP contribution in [0.5, 0.6) is 0 Å². The fourth-order valence-electron chi connectivity index (χ4n) is 0.922. The highest BCUT2D eigenvalue weighted by atomic mass is 16.6. The lowest BCUT2D eigenvalue weighted by atomic mass is 10.1. The maximum Gasteiger partial charge on any atom is 0.297 e. The highest BCUT2D eigenvalue weighted by Gasteiger charge is 2.09. The van der Waals surface area contributed by atoms with Crippen LogP contribution in [0.2, 0.25) is 0 Å². The summed E-state index contributed by atoms with van der Waals surface area (Å²) in [7, 11) is -0.134. The van der Waals surface area contributed by atoms with E-state index in [0.29, 0.717) is 13.2 Å². The van der Waals surface area contributed by atoms with Crippen LogP contribution >= 0.6 is 0 Å². The quantitative estimate of drug-likeness (QED) is 0.244. The van der Waals surface area contributed by atoms with Gasteiger partial charge >= 0.3 is 0 Å². The van der Waals surface area contributed by atoms with E-state index in [0.717, 1.165) is 0 Å². The maximum absolute atomic E-state index is 8.57. The van der Waals surface area contributed by atoms with Gasteiger partial charge in [-0.15, -0.1) is 0 Å². The molecule has 0 saturated heterocycles. The van der Waals surface area contributed by atoms with Gasteiger partial charge in [0.15, 0.2) is 0 Å². The maximum atomic E-state index is 8.57. The molecule has 86 valence electrons. The molecule has 0 fully saturated rings. The van der Waals surface area contributed by atoms with Crippen LogP contribution in [0.15, 0.2) is 0 Å². The minimum atomic E-state index is -0.282. The van der Waals surface area contributed by atoms with E-state index >= 15 is 0 Å². The molecule has 9 heteroatoms. The average molecular weight is 218 g/mol. The lowest BCUT2D eigenvalue weighted by Gasteiger charge is -2.16. The SMILES string of the molecule is OBCOCC(COCBO)OCBO. The molecule has 0 aromatic rings. The molecule has 0 aliphatic carbocycles. The normalized spacial score (nSPS) is 10.4. The first kappa shape index (κ1) is 15.0. The van der Waals surface area contributed by atoms with Gasteiger partial charge in [-0.25, -0.2) is 0 Å². The van der Waals surface area contributed by atoms with Crippen molar-refractivity contribution in [2.45, 2.75) is 6.10 Å². The smallest absolute Gasteiger partial charge is 0.297 e. The summed E-state index contributed by atoms with van der Waals surface area (Å²) in [6.45, 7) is 1.31. The fourth-order valence-corrected chi connectivity index (χ4v) is 0.922. The molecule has 0 aromatic carbocycles. The monoisotopic (exact) mass is 218 g/mol. The molecule has 0 heterocycles. The first-order chi connectivity index (χ1) is 7.35. The molecule has 0 aromatic heterocycles. The largest absolute Gasteiger partial charge is 0.451 e. The van der Waals surface area contributed by atoms with Crippen LogP contribution in [0, 0.1) is 0 Å². The Morgan fingerprint density at radius 3 is 1.67 bits per heavy atom. The Labute approximate surface area is 91.4 Å². The summed E-state index contributed by atoms with van der Waals surface area (Å²) >= 11 is 0. The van der Waals surface area contributed by atoms with E-state index in [1.165, 1.54) is 0 Å². The van der Waals surface area contributed by atoms with Gasteiger partial charge in [0.1, 0.15) is 6.10 Å². The van der Waals surface area contributed by atoms with Crippen molar-refractivity contribution in [3.63, 3.8) is 0 Å². The van der Waals surface area contributed by atoms with Crippen LogP contribution < -0.4 is 0 Å². The zero-order chi connectivity index (χ0) is 11.4. The van der Waals surface area contributed by atoms with Crippen LogP contribution in [0.25, 0.3) is 0 Å². The second-order valence-corrected chi connectivity index (χ2v) is 2.81. The summed E-state index contributed by atoms with van der Waals surface area (Å²) in [6.07, 6.45) is -0.282. The number of hydrogen-bond donors (Lipinski definition) is 3. The summed E-state index contributed by atoms with van der Waals surface area (Å²) in [5.41, 5.74) is 0. The standard InChI is InChI=1S/C6H17B3O6/c10-7-3-13-1-6(15-5-9-12)2-14-4-8-11/h6-12H,1-5H2. The molecule has 0 saturated carbocycles. The van der Waals surface area contributed by atoms with Crippen molar-refractivity contribution in [1.82, 2.24) is 0 Å². The Morgan fingerprint density at radius 1 is 0.800 bits per heavy atom. The van der Waals surface area contributed by atoms with Crippen molar-refractivity contribution in [1.29, 1.82) is 0 Å². The molecular weight excluding hydrogens is 200 g/mol. The Balaban J connectivity index is 3.53. The van der Waals surface area contributed by atoms with Crippen molar-refractivity contribution in [2.24, 2.45) is 0 Å². The van der Waals surface area contributed by atoms with Gasteiger partial charge in [-0.05, 0) is 0 Å². The van der Waals surface area contributed by atoms with E-state index < -0.39 is 0 Å². The van der Waals surface area contributed by atoms with Crippen molar-refractivity contribution in [3.05, 3.63) is 0 Å². The van der Waals surface area contributed by atoms with E-state index in [1.807, 2.05) is 0 Å². The summed E-state index contributed by atoms with van der Waals surface area (Å²) in [5, 5.41) is 25.6. The zero-order valence-electron chi connectivity index (χ0n) is 8.80. The third kappa shape index (κ3) is 10.2. The van der Waals surface area contributed by atoms with Crippen molar-refractivity contribution < 1.29 is 29.3 Å². The molecule has 15 heavy (non-hydrogen) atoms. The van der Waals surface area contributed by atoms with Gasteiger partial charge in [0, 0.05) is 19.5 Å². The van der Waals surface area contributed by atoms with Crippen molar-refractivity contribution >= 4 is 22.4 Å². The van der Waals surface area contributed by atoms with Gasteiger partial charge < -0.3 is 29.3 Å². The number of rotatable bonds is 11. The predicted octanol–water partition coefficient (Wildman–Crippen LogP) is -3.69. The molecular formula is C6H17B3O6. The van der Waals surface area contributed by atoms with Gasteiger partial charge in [0.2, 0.25) is 0 Å². The van der Waals surface area contributed by atoms with Gasteiger partial charge in [0.25, 0.3) is 22.4 Å². The summed E-state index contributed by atoms with van der Waals surface area (Å²) < 4.78 is 15.4. The molecule has 0 unspecified atom stereocenters. The van der Waals surface area contributed by atoms with E-state index in [-0.39, 0.29) is 48.1 Å². The molecule has 0 aliphatic rings. The summed E-state index contributed by atoms with van der Waals surface area (Å²) in [6, 6.07) is 0. The van der Waals surface area contributed by atoms with E-state index in [4.69, 9.17) is 29.3 Å². The molecule has 0 rings (SSSR count). The predicted molar refractivity (Wildman–Crippen MR) is 59.5 cm³/mol. The first-order valence-corrected chi connectivity index (χ1v) is 4.94. The van der Waals surface area contributed by atoms with Crippen molar-refractivity contribution in [2.75, 3.05) is 32.7 Å². The Bertz CT molecular complexity index is 119. The molecule has 0 atom stereocenters. The second-order valence-electron chi connectivity index (χ2n) is 2.81. The highest BCUT2D eigenvalue weighted by Crippen LogP contribution is 1.94. The van der Waals surface area contributed by atoms with Crippen LogP contribution in [0.3, 0.4) is 0 Å². The van der Waals surface area contributed by atoms with Gasteiger partial charge in [-0.3, -0.25) is 0 Å². The summed E-state index contributed by atoms with van der Waals surface area (Å²) in [4.78, 5) is 0. The Hall–Kier alpha value is -0.0452. The fraction of sp³-hybridized carbons (Fsp3) is 1.00. The summed E-state index contributed by atoms with van der Waals surface area (Å²) in [5.74, 6) is 0. The lowest BCUT2D eigenvalue weighted by Crippen LogP contribution is -2.29. The van der Waals surface area contributed by atoms with Crippen molar-refractivity contribution in [3.8, 4) is 0 Å². The third-order valence-electron chi connectivity index (χ3n) is 1.52. The third-order valence-corrected chi connectivity index (χ3v) is 1.52. The number of hydrogen-bond acceptors (Lipinski definition) is 6. The Kier molecular flexibility index (Phi) is 12.0. The molecule has 0 aliphatic heterocycles. The molecule has 0 bridgehead atoms. The van der Waals surface area contributed by atoms with E-state index in [9.17, 15) is 0 Å². The van der Waals surface area contributed by atoms with Gasteiger partial charge in [0.05, 0.1) is 13.2 Å².